The molecule has 0 saturated carbocycles. The van der Waals surface area contributed by atoms with Crippen molar-refractivity contribution in [1.29, 1.82) is 0 Å². The highest BCUT2D eigenvalue weighted by Crippen LogP contribution is 2.34. The van der Waals surface area contributed by atoms with Gasteiger partial charge in [-0.25, -0.2) is 4.90 Å². The van der Waals surface area contributed by atoms with Gasteiger partial charge in [-0.15, -0.1) is 0 Å². The van der Waals surface area contributed by atoms with E-state index >= 15 is 0 Å². The number of hydrogen-bond donors (Lipinski definition) is 1. The summed E-state index contributed by atoms with van der Waals surface area (Å²) in [5, 5.41) is 3.77. The standard InChI is InChI=1S/C27H25ClN2O2/c1-4-18-5-15-23(16-6-18)30-26(31)24(20-7-11-21(28)12-8-20)25(27(30)32)29-22-13-9-19(10-14-22)17(2)3/h5-17,29H,4H2,1-3H3. The predicted molar refractivity (Wildman–Crippen MR) is 131 cm³/mol. The minimum Gasteiger partial charge on any atom is -0.350 e. The molecule has 4 rings (SSSR count). The topological polar surface area (TPSA) is 49.4 Å². The lowest BCUT2D eigenvalue weighted by atomic mass is 10.0. The van der Waals surface area contributed by atoms with E-state index in [1.165, 1.54) is 10.5 Å². The minimum absolute atomic E-state index is 0.259. The monoisotopic (exact) mass is 444 g/mol. The first-order valence-electron chi connectivity index (χ1n) is 10.7. The van der Waals surface area contributed by atoms with Crippen LogP contribution in [0.15, 0.2) is 78.5 Å². The van der Waals surface area contributed by atoms with Gasteiger partial charge in [-0.05, 0) is 65.4 Å². The first-order valence-corrected chi connectivity index (χ1v) is 11.1. The van der Waals surface area contributed by atoms with Gasteiger partial charge in [0.1, 0.15) is 5.70 Å². The summed E-state index contributed by atoms with van der Waals surface area (Å²) in [7, 11) is 0. The lowest BCUT2D eigenvalue weighted by molar-refractivity contribution is -0.120. The van der Waals surface area contributed by atoms with E-state index < -0.39 is 0 Å². The molecule has 5 heteroatoms. The molecular weight excluding hydrogens is 420 g/mol. The largest absolute Gasteiger partial charge is 0.350 e. The third-order valence-electron chi connectivity index (χ3n) is 5.67. The summed E-state index contributed by atoms with van der Waals surface area (Å²) in [6, 6.07) is 22.4. The highest BCUT2D eigenvalue weighted by atomic mass is 35.5. The van der Waals surface area contributed by atoms with Crippen molar-refractivity contribution in [2.45, 2.75) is 33.1 Å². The Morgan fingerprint density at radius 1 is 0.844 bits per heavy atom. The fourth-order valence-corrected chi connectivity index (χ4v) is 3.87. The molecule has 1 aliphatic heterocycles. The van der Waals surface area contributed by atoms with Crippen molar-refractivity contribution in [3.05, 3.63) is 100 Å². The van der Waals surface area contributed by atoms with Gasteiger partial charge in [-0.1, -0.05) is 68.8 Å². The number of anilines is 2. The molecule has 2 amide bonds. The smallest absolute Gasteiger partial charge is 0.282 e. The van der Waals surface area contributed by atoms with Crippen LogP contribution in [0.5, 0.6) is 0 Å². The van der Waals surface area contributed by atoms with E-state index in [4.69, 9.17) is 11.6 Å². The van der Waals surface area contributed by atoms with Crippen LogP contribution in [0.3, 0.4) is 0 Å². The molecule has 1 N–H and O–H groups in total. The second-order valence-electron chi connectivity index (χ2n) is 8.12. The molecule has 0 aromatic heterocycles. The van der Waals surface area contributed by atoms with Crippen LogP contribution in [0.2, 0.25) is 5.02 Å². The Balaban J connectivity index is 1.76. The van der Waals surface area contributed by atoms with Crippen LogP contribution in [0.1, 0.15) is 43.4 Å². The quantitative estimate of drug-likeness (QED) is 0.446. The molecule has 0 atom stereocenters. The highest BCUT2D eigenvalue weighted by molar-refractivity contribution is 6.46. The van der Waals surface area contributed by atoms with Crippen molar-refractivity contribution in [2.24, 2.45) is 0 Å². The molecule has 0 bridgehead atoms. The Morgan fingerprint density at radius 2 is 1.47 bits per heavy atom. The molecule has 0 fully saturated rings. The number of hydrogen-bond acceptors (Lipinski definition) is 3. The van der Waals surface area contributed by atoms with E-state index in [1.807, 2.05) is 48.5 Å². The summed E-state index contributed by atoms with van der Waals surface area (Å²) in [5.74, 6) is -0.329. The van der Waals surface area contributed by atoms with Crippen molar-refractivity contribution in [3.8, 4) is 0 Å². The molecule has 0 aliphatic carbocycles. The summed E-state index contributed by atoms with van der Waals surface area (Å²) in [4.78, 5) is 28.2. The van der Waals surface area contributed by atoms with E-state index in [1.54, 1.807) is 24.3 Å². The number of nitrogens with zero attached hydrogens (tertiary/aromatic N) is 1. The fourth-order valence-electron chi connectivity index (χ4n) is 3.74. The lowest BCUT2D eigenvalue weighted by Crippen LogP contribution is -2.32. The molecule has 1 heterocycles. The Bertz CT molecular complexity index is 1180. The zero-order valence-electron chi connectivity index (χ0n) is 18.4. The number of rotatable bonds is 6. The number of carbonyl (C=O) groups excluding carboxylic acids is 2. The Kier molecular flexibility index (Phi) is 6.15. The summed E-state index contributed by atoms with van der Waals surface area (Å²) >= 11 is 6.05. The zero-order valence-corrected chi connectivity index (χ0v) is 19.1. The van der Waals surface area contributed by atoms with Crippen molar-refractivity contribution in [1.82, 2.24) is 0 Å². The van der Waals surface area contributed by atoms with E-state index in [0.717, 1.165) is 17.7 Å². The number of halogens is 1. The van der Waals surface area contributed by atoms with Gasteiger partial charge in [0.25, 0.3) is 11.8 Å². The summed E-state index contributed by atoms with van der Waals surface area (Å²) in [5.41, 5.74) is 4.88. The number of aryl methyl sites for hydroxylation is 1. The van der Waals surface area contributed by atoms with E-state index in [2.05, 4.69) is 26.1 Å². The van der Waals surface area contributed by atoms with Gasteiger partial charge >= 0.3 is 0 Å². The molecule has 32 heavy (non-hydrogen) atoms. The number of carbonyl (C=O) groups is 2. The van der Waals surface area contributed by atoms with Crippen LogP contribution in [0.25, 0.3) is 5.57 Å². The SMILES string of the molecule is CCc1ccc(N2C(=O)C(Nc3ccc(C(C)C)cc3)=C(c3ccc(Cl)cc3)C2=O)cc1. The van der Waals surface area contributed by atoms with Crippen LogP contribution in [-0.2, 0) is 16.0 Å². The van der Waals surface area contributed by atoms with Crippen LogP contribution < -0.4 is 10.2 Å². The third-order valence-corrected chi connectivity index (χ3v) is 5.92. The van der Waals surface area contributed by atoms with Gasteiger partial charge in [-0.3, -0.25) is 9.59 Å². The third kappa shape index (κ3) is 4.19. The average Bonchev–Trinajstić information content (AvgIpc) is 3.04. The molecular formula is C27H25ClN2O2. The van der Waals surface area contributed by atoms with Gasteiger partial charge in [-0.2, -0.15) is 0 Å². The second-order valence-corrected chi connectivity index (χ2v) is 8.56. The van der Waals surface area contributed by atoms with Crippen molar-refractivity contribution < 1.29 is 9.59 Å². The number of nitrogens with one attached hydrogen (secondary N) is 1. The second kappa shape index (κ2) is 9.01. The van der Waals surface area contributed by atoms with Crippen LogP contribution in [0.4, 0.5) is 11.4 Å². The summed E-state index contributed by atoms with van der Waals surface area (Å²) in [6.45, 7) is 6.32. The maximum atomic E-state index is 13.5. The maximum Gasteiger partial charge on any atom is 0.282 e. The predicted octanol–water partition coefficient (Wildman–Crippen LogP) is 6.42. The van der Waals surface area contributed by atoms with Gasteiger partial charge in [0.05, 0.1) is 11.3 Å². The Morgan fingerprint density at radius 3 is 2.03 bits per heavy atom. The van der Waals surface area contributed by atoms with Gasteiger partial charge in [0.2, 0.25) is 0 Å². The van der Waals surface area contributed by atoms with Gasteiger partial charge in [0, 0.05) is 10.7 Å². The van der Waals surface area contributed by atoms with Crippen molar-refractivity contribution in [3.63, 3.8) is 0 Å². The van der Waals surface area contributed by atoms with Gasteiger partial charge < -0.3 is 5.32 Å². The Hall–Kier alpha value is -3.37. The van der Waals surface area contributed by atoms with E-state index in [-0.39, 0.29) is 17.5 Å². The summed E-state index contributed by atoms with van der Waals surface area (Å²) in [6.07, 6.45) is 0.885. The molecule has 3 aromatic rings. The molecule has 0 radical (unpaired) electrons. The van der Waals surface area contributed by atoms with Crippen molar-refractivity contribution >= 4 is 40.4 Å². The number of imide groups is 1. The molecule has 0 unspecified atom stereocenters. The van der Waals surface area contributed by atoms with Crippen LogP contribution in [0, 0.1) is 0 Å². The molecule has 0 saturated heterocycles. The van der Waals surface area contributed by atoms with Crippen LogP contribution >= 0.6 is 11.6 Å². The van der Waals surface area contributed by atoms with Crippen molar-refractivity contribution in [2.75, 3.05) is 10.2 Å². The molecule has 1 aliphatic rings. The molecule has 4 nitrogen and oxygen atoms in total. The fraction of sp³-hybridized carbons (Fsp3) is 0.185. The lowest BCUT2D eigenvalue weighted by Gasteiger charge is -2.16. The van der Waals surface area contributed by atoms with Gasteiger partial charge in [0.15, 0.2) is 0 Å². The first-order chi connectivity index (χ1) is 15.4. The summed E-state index contributed by atoms with van der Waals surface area (Å²) < 4.78 is 0. The maximum absolute atomic E-state index is 13.5. The van der Waals surface area contributed by atoms with E-state index in [9.17, 15) is 9.59 Å². The molecule has 3 aromatic carbocycles. The molecule has 0 spiro atoms. The minimum atomic E-state index is -0.378. The zero-order chi connectivity index (χ0) is 22.8. The number of amides is 2. The molecule has 162 valence electrons. The number of benzene rings is 3. The van der Waals surface area contributed by atoms with E-state index in [0.29, 0.717) is 27.8 Å². The van der Waals surface area contributed by atoms with Crippen LogP contribution in [-0.4, -0.2) is 11.8 Å². The highest BCUT2D eigenvalue weighted by Gasteiger charge is 2.40. The normalized spacial score (nSPS) is 14.0. The first kappa shape index (κ1) is 21.8. The average molecular weight is 445 g/mol. The Labute approximate surface area is 193 Å².